The summed E-state index contributed by atoms with van der Waals surface area (Å²) in [6.07, 6.45) is 0.559. The molecule has 0 aliphatic carbocycles. The molecule has 3 rings (SSSR count). The van der Waals surface area contributed by atoms with Gasteiger partial charge in [-0.15, -0.1) is 0 Å². The molecule has 0 spiro atoms. The Bertz CT molecular complexity index is 858. The number of carbonyl (C=O) groups is 2. The van der Waals surface area contributed by atoms with E-state index in [9.17, 15) is 19.8 Å². The molecular formula is C21H21NO5. The maximum absolute atomic E-state index is 12.7. The highest BCUT2D eigenvalue weighted by molar-refractivity contribution is 6.46. The maximum atomic E-state index is 12.7. The van der Waals surface area contributed by atoms with Crippen molar-refractivity contribution >= 4 is 17.4 Å². The number of aliphatic hydroxyl groups is 1. The third kappa shape index (κ3) is 3.71. The molecular weight excluding hydrogens is 346 g/mol. The lowest BCUT2D eigenvalue weighted by molar-refractivity contribution is -0.140. The van der Waals surface area contributed by atoms with Crippen LogP contribution in [0.2, 0.25) is 0 Å². The number of aliphatic hydroxyl groups excluding tert-OH is 1. The second-order valence-electron chi connectivity index (χ2n) is 6.30. The number of benzene rings is 2. The van der Waals surface area contributed by atoms with E-state index >= 15 is 0 Å². The van der Waals surface area contributed by atoms with Crippen LogP contribution in [-0.4, -0.2) is 47.1 Å². The zero-order valence-corrected chi connectivity index (χ0v) is 15.0. The Morgan fingerprint density at radius 2 is 1.74 bits per heavy atom. The lowest BCUT2D eigenvalue weighted by Crippen LogP contribution is -2.31. The Morgan fingerprint density at radius 1 is 1.07 bits per heavy atom. The molecule has 0 bridgehead atoms. The Kier molecular flexibility index (Phi) is 5.57. The highest BCUT2D eigenvalue weighted by atomic mass is 16.5. The van der Waals surface area contributed by atoms with E-state index in [1.54, 1.807) is 49.6 Å². The van der Waals surface area contributed by atoms with Crippen LogP contribution >= 0.6 is 0 Å². The number of ether oxygens (including phenoxy) is 1. The second kappa shape index (κ2) is 8.05. The molecule has 1 saturated heterocycles. The molecule has 1 amide bonds. The van der Waals surface area contributed by atoms with Gasteiger partial charge in [-0.1, -0.05) is 42.5 Å². The third-order valence-corrected chi connectivity index (χ3v) is 4.54. The fourth-order valence-electron chi connectivity index (χ4n) is 3.24. The van der Waals surface area contributed by atoms with Gasteiger partial charge >= 0.3 is 0 Å². The van der Waals surface area contributed by atoms with Gasteiger partial charge in [-0.25, -0.2) is 0 Å². The summed E-state index contributed by atoms with van der Waals surface area (Å²) < 4.78 is 5.05. The molecule has 1 aliphatic heterocycles. The van der Waals surface area contributed by atoms with E-state index in [2.05, 4.69) is 0 Å². The number of aromatic hydroxyl groups is 1. The summed E-state index contributed by atoms with van der Waals surface area (Å²) in [5.41, 5.74) is 1.16. The molecule has 1 fully saturated rings. The first-order valence-electron chi connectivity index (χ1n) is 8.66. The van der Waals surface area contributed by atoms with E-state index in [0.29, 0.717) is 30.7 Å². The number of carbonyl (C=O) groups excluding carboxylic acids is 2. The summed E-state index contributed by atoms with van der Waals surface area (Å²) in [6, 6.07) is 14.2. The van der Waals surface area contributed by atoms with E-state index in [-0.39, 0.29) is 17.1 Å². The van der Waals surface area contributed by atoms with E-state index in [1.165, 1.54) is 17.0 Å². The Morgan fingerprint density at radius 3 is 2.37 bits per heavy atom. The fraction of sp³-hybridized carbons (Fsp3) is 0.238. The molecule has 2 aromatic rings. The van der Waals surface area contributed by atoms with Gasteiger partial charge in [0.1, 0.15) is 11.5 Å². The number of ketones is 1. The zero-order valence-electron chi connectivity index (χ0n) is 15.0. The van der Waals surface area contributed by atoms with Crippen molar-refractivity contribution in [1.82, 2.24) is 4.90 Å². The van der Waals surface area contributed by atoms with Crippen molar-refractivity contribution in [1.29, 1.82) is 0 Å². The molecule has 2 N–H and O–H groups in total. The highest BCUT2D eigenvalue weighted by Gasteiger charge is 2.45. The fourth-order valence-corrected chi connectivity index (χ4v) is 3.24. The quantitative estimate of drug-likeness (QED) is 0.355. The molecule has 6 nitrogen and oxygen atoms in total. The molecule has 0 radical (unpaired) electrons. The maximum Gasteiger partial charge on any atom is 0.295 e. The van der Waals surface area contributed by atoms with Gasteiger partial charge in [0, 0.05) is 25.8 Å². The number of phenolic OH excluding ortho intramolecular Hbond substituents is 1. The predicted octanol–water partition coefficient (Wildman–Crippen LogP) is 2.85. The number of Topliss-reactive ketones (excluding diaryl/α,β-unsaturated/α-hetero) is 1. The lowest BCUT2D eigenvalue weighted by atomic mass is 9.95. The largest absolute Gasteiger partial charge is 0.508 e. The number of rotatable bonds is 6. The van der Waals surface area contributed by atoms with Crippen LogP contribution in [0, 0.1) is 0 Å². The van der Waals surface area contributed by atoms with Crippen LogP contribution in [0.4, 0.5) is 0 Å². The molecule has 0 aromatic heterocycles. The first kappa shape index (κ1) is 18.7. The van der Waals surface area contributed by atoms with Crippen molar-refractivity contribution in [2.24, 2.45) is 0 Å². The standard InChI is InChI=1S/C21H21NO5/c1-27-13-5-12-22-18(14-8-10-16(23)11-9-14)17(20(25)21(22)26)19(24)15-6-3-2-4-7-15/h2-4,6-11,18,23-24H,5,12-13H2,1H3. The number of methoxy groups -OCH3 is 1. The highest BCUT2D eigenvalue weighted by Crippen LogP contribution is 2.39. The second-order valence-corrected chi connectivity index (χ2v) is 6.30. The molecule has 2 aromatic carbocycles. The number of amides is 1. The number of phenols is 1. The third-order valence-electron chi connectivity index (χ3n) is 4.54. The summed E-state index contributed by atoms with van der Waals surface area (Å²) in [5, 5.41) is 20.4. The number of nitrogens with zero attached hydrogens (tertiary/aromatic N) is 1. The minimum Gasteiger partial charge on any atom is -0.508 e. The van der Waals surface area contributed by atoms with Gasteiger partial charge < -0.3 is 19.8 Å². The molecule has 1 aliphatic rings. The Balaban J connectivity index is 2.10. The van der Waals surface area contributed by atoms with Crippen molar-refractivity contribution in [3.63, 3.8) is 0 Å². The lowest BCUT2D eigenvalue weighted by Gasteiger charge is -2.25. The first-order valence-corrected chi connectivity index (χ1v) is 8.66. The zero-order chi connectivity index (χ0) is 19.4. The van der Waals surface area contributed by atoms with E-state index < -0.39 is 17.7 Å². The molecule has 6 heteroatoms. The van der Waals surface area contributed by atoms with Crippen molar-refractivity contribution in [3.8, 4) is 5.75 Å². The van der Waals surface area contributed by atoms with Gasteiger partial charge in [-0.2, -0.15) is 0 Å². The van der Waals surface area contributed by atoms with Crippen LogP contribution in [0.15, 0.2) is 60.2 Å². The summed E-state index contributed by atoms with van der Waals surface area (Å²) >= 11 is 0. The molecule has 1 unspecified atom stereocenters. The van der Waals surface area contributed by atoms with Gasteiger partial charge in [0.05, 0.1) is 11.6 Å². The predicted molar refractivity (Wildman–Crippen MR) is 100 cm³/mol. The molecule has 1 atom stereocenters. The Hall–Kier alpha value is -3.12. The van der Waals surface area contributed by atoms with Gasteiger partial charge in [0.2, 0.25) is 0 Å². The number of hydrogen-bond donors (Lipinski definition) is 2. The number of hydrogen-bond acceptors (Lipinski definition) is 5. The topological polar surface area (TPSA) is 87.1 Å². The monoisotopic (exact) mass is 367 g/mol. The summed E-state index contributed by atoms with van der Waals surface area (Å²) in [4.78, 5) is 26.8. The average molecular weight is 367 g/mol. The van der Waals surface area contributed by atoms with Crippen molar-refractivity contribution < 1.29 is 24.5 Å². The Labute approximate surface area is 157 Å². The molecule has 27 heavy (non-hydrogen) atoms. The summed E-state index contributed by atoms with van der Waals surface area (Å²) in [7, 11) is 1.57. The van der Waals surface area contributed by atoms with E-state index in [1.807, 2.05) is 0 Å². The number of likely N-dealkylation sites (tertiary alicyclic amines) is 1. The van der Waals surface area contributed by atoms with Crippen LogP contribution in [-0.2, 0) is 14.3 Å². The average Bonchev–Trinajstić information content (AvgIpc) is 2.94. The minimum absolute atomic E-state index is 0.0503. The summed E-state index contributed by atoms with van der Waals surface area (Å²) in [6.45, 7) is 0.763. The minimum atomic E-state index is -0.720. The summed E-state index contributed by atoms with van der Waals surface area (Å²) in [5.74, 6) is -1.49. The normalized spacial score (nSPS) is 18.9. The molecule has 1 heterocycles. The van der Waals surface area contributed by atoms with Gasteiger partial charge in [-0.3, -0.25) is 9.59 Å². The van der Waals surface area contributed by atoms with Gasteiger partial charge in [-0.05, 0) is 24.1 Å². The van der Waals surface area contributed by atoms with Crippen molar-refractivity contribution in [2.45, 2.75) is 12.5 Å². The van der Waals surface area contributed by atoms with E-state index in [4.69, 9.17) is 4.74 Å². The first-order chi connectivity index (χ1) is 13.0. The van der Waals surface area contributed by atoms with Crippen LogP contribution in [0.5, 0.6) is 5.75 Å². The smallest absolute Gasteiger partial charge is 0.295 e. The SMILES string of the molecule is COCCCN1C(=O)C(=O)C(=C(O)c2ccccc2)C1c1ccc(O)cc1. The van der Waals surface area contributed by atoms with Crippen molar-refractivity contribution in [3.05, 3.63) is 71.3 Å². The van der Waals surface area contributed by atoms with E-state index in [0.717, 1.165) is 0 Å². The van der Waals surface area contributed by atoms with Crippen LogP contribution in [0.1, 0.15) is 23.6 Å². The van der Waals surface area contributed by atoms with Crippen molar-refractivity contribution in [2.75, 3.05) is 20.3 Å². The van der Waals surface area contributed by atoms with Crippen LogP contribution in [0.3, 0.4) is 0 Å². The van der Waals surface area contributed by atoms with Crippen LogP contribution < -0.4 is 0 Å². The van der Waals surface area contributed by atoms with Crippen LogP contribution in [0.25, 0.3) is 5.76 Å². The van der Waals surface area contributed by atoms with Gasteiger partial charge in [0.15, 0.2) is 0 Å². The molecule has 140 valence electrons. The molecule has 0 saturated carbocycles. The van der Waals surface area contributed by atoms with Gasteiger partial charge in [0.25, 0.3) is 11.7 Å².